The summed E-state index contributed by atoms with van der Waals surface area (Å²) >= 11 is 0. The van der Waals surface area contributed by atoms with Gasteiger partial charge in [-0.3, -0.25) is 0 Å². The standard InChI is InChI=1S/C29H28NO/c1-21-5-12-24(13-6-21)26-19-28(18-11-23-9-16-27(17-10-23)30(3)4)31-29(20-26)25-14-7-22(2)8-15-25/h5-20H,1-4H3/q+1. The Hall–Kier alpha value is -3.65. The molecule has 0 N–H and O–H groups in total. The molecular weight excluding hydrogens is 378 g/mol. The van der Waals surface area contributed by atoms with E-state index in [9.17, 15) is 0 Å². The van der Waals surface area contributed by atoms with Crippen LogP contribution in [0.1, 0.15) is 22.3 Å². The predicted octanol–water partition coefficient (Wildman–Crippen LogP) is 6.41. The van der Waals surface area contributed by atoms with Crippen molar-refractivity contribution in [3.8, 4) is 0 Å². The van der Waals surface area contributed by atoms with Gasteiger partial charge in [-0.05, 0) is 60.9 Å². The molecule has 0 unspecified atom stereocenters. The van der Waals surface area contributed by atoms with E-state index in [1.54, 1.807) is 0 Å². The Balaban J connectivity index is 1.69. The van der Waals surface area contributed by atoms with Gasteiger partial charge in [0.1, 0.15) is 25.6 Å². The highest BCUT2D eigenvalue weighted by Gasteiger charge is 2.14. The van der Waals surface area contributed by atoms with Crippen LogP contribution in [0.4, 0.5) is 0 Å². The number of nitrogens with zero attached hydrogens (tertiary/aromatic N) is 1. The molecule has 1 aliphatic heterocycles. The SMILES string of the molecule is Cc1ccc(C2=CC(=CC=C3C=CC(=[N+](C)C)C=C3)OC(c3ccc(C)cc3)=C2)cc1. The Morgan fingerprint density at radius 3 is 1.84 bits per heavy atom. The predicted molar refractivity (Wildman–Crippen MR) is 131 cm³/mol. The molecule has 0 spiro atoms. The number of benzene rings is 2. The van der Waals surface area contributed by atoms with E-state index in [1.165, 1.54) is 22.4 Å². The van der Waals surface area contributed by atoms with Crippen molar-refractivity contribution in [2.45, 2.75) is 13.8 Å². The summed E-state index contributed by atoms with van der Waals surface area (Å²) in [5.41, 5.74) is 8.21. The zero-order valence-electron chi connectivity index (χ0n) is 18.6. The minimum Gasteiger partial charge on any atom is -0.457 e. The number of ether oxygens (including phenoxy) is 1. The first-order valence-corrected chi connectivity index (χ1v) is 10.6. The topological polar surface area (TPSA) is 12.2 Å². The minimum absolute atomic E-state index is 0.824. The van der Waals surface area contributed by atoms with E-state index < -0.39 is 0 Å². The maximum Gasteiger partial charge on any atom is 0.199 e. The van der Waals surface area contributed by atoms with Crippen molar-refractivity contribution >= 4 is 17.0 Å². The van der Waals surface area contributed by atoms with Crippen molar-refractivity contribution in [2.75, 3.05) is 14.1 Å². The first kappa shape index (κ1) is 20.6. The molecule has 2 heteroatoms. The second-order valence-electron chi connectivity index (χ2n) is 8.16. The molecule has 0 amide bonds. The van der Waals surface area contributed by atoms with Crippen LogP contribution in [0.15, 0.2) is 108 Å². The highest BCUT2D eigenvalue weighted by atomic mass is 16.5. The highest BCUT2D eigenvalue weighted by molar-refractivity contribution is 6.02. The summed E-state index contributed by atoms with van der Waals surface area (Å²) in [5.74, 6) is 1.69. The lowest BCUT2D eigenvalue weighted by Crippen LogP contribution is -2.09. The largest absolute Gasteiger partial charge is 0.457 e. The molecule has 2 nitrogen and oxygen atoms in total. The fourth-order valence-electron chi connectivity index (χ4n) is 3.44. The summed E-state index contributed by atoms with van der Waals surface area (Å²) in [7, 11) is 4.10. The number of hydrogen-bond acceptors (Lipinski definition) is 1. The molecule has 1 aliphatic carbocycles. The number of allylic oxidation sites excluding steroid dienone is 10. The van der Waals surface area contributed by atoms with Crippen LogP contribution in [0.5, 0.6) is 0 Å². The first-order valence-electron chi connectivity index (χ1n) is 10.6. The van der Waals surface area contributed by atoms with Crippen LogP contribution >= 0.6 is 0 Å². The molecule has 0 atom stereocenters. The lowest BCUT2D eigenvalue weighted by atomic mass is 9.99. The van der Waals surface area contributed by atoms with Crippen molar-refractivity contribution < 1.29 is 9.31 Å². The molecule has 0 fully saturated rings. The van der Waals surface area contributed by atoms with Crippen molar-refractivity contribution in [1.82, 2.24) is 0 Å². The smallest absolute Gasteiger partial charge is 0.199 e. The van der Waals surface area contributed by atoms with E-state index in [4.69, 9.17) is 4.74 Å². The normalized spacial score (nSPS) is 16.7. The highest BCUT2D eigenvalue weighted by Crippen LogP contribution is 2.32. The van der Waals surface area contributed by atoms with E-state index in [0.717, 1.165) is 28.2 Å². The van der Waals surface area contributed by atoms with Gasteiger partial charge in [0, 0.05) is 17.7 Å². The summed E-state index contributed by atoms with van der Waals surface area (Å²) in [4.78, 5) is 0. The number of hydrogen-bond donors (Lipinski definition) is 0. The first-order chi connectivity index (χ1) is 15.0. The third kappa shape index (κ3) is 5.10. The van der Waals surface area contributed by atoms with Gasteiger partial charge >= 0.3 is 0 Å². The van der Waals surface area contributed by atoms with Crippen LogP contribution in [0.3, 0.4) is 0 Å². The molecule has 31 heavy (non-hydrogen) atoms. The summed E-state index contributed by atoms with van der Waals surface area (Å²) in [6.45, 7) is 4.21. The summed E-state index contributed by atoms with van der Waals surface area (Å²) in [5, 5.41) is 0. The third-order valence-corrected chi connectivity index (χ3v) is 5.38. The molecule has 0 bridgehead atoms. The molecule has 2 aromatic rings. The molecule has 1 heterocycles. The van der Waals surface area contributed by atoms with Gasteiger partial charge in [-0.2, -0.15) is 0 Å². The number of rotatable bonds is 3. The summed E-state index contributed by atoms with van der Waals surface area (Å²) < 4.78 is 8.38. The van der Waals surface area contributed by atoms with E-state index in [-0.39, 0.29) is 0 Å². The fourth-order valence-corrected chi connectivity index (χ4v) is 3.44. The quantitative estimate of drug-likeness (QED) is 0.537. The van der Waals surface area contributed by atoms with Gasteiger partial charge in [0.05, 0.1) is 0 Å². The molecule has 0 radical (unpaired) electrons. The molecule has 0 aromatic heterocycles. The van der Waals surface area contributed by atoms with E-state index in [1.807, 2.05) is 20.2 Å². The minimum atomic E-state index is 0.824. The van der Waals surface area contributed by atoms with Crippen LogP contribution in [-0.2, 0) is 4.74 Å². The molecule has 4 rings (SSSR count). The Morgan fingerprint density at radius 2 is 1.26 bits per heavy atom. The van der Waals surface area contributed by atoms with Crippen LogP contribution < -0.4 is 0 Å². The Morgan fingerprint density at radius 1 is 0.677 bits per heavy atom. The van der Waals surface area contributed by atoms with Gasteiger partial charge in [-0.25, -0.2) is 4.58 Å². The maximum atomic E-state index is 6.28. The maximum absolute atomic E-state index is 6.28. The van der Waals surface area contributed by atoms with Crippen LogP contribution in [-0.4, -0.2) is 24.4 Å². The molecule has 2 aromatic carbocycles. The summed E-state index contributed by atoms with van der Waals surface area (Å²) in [6, 6.07) is 17.1. The van der Waals surface area contributed by atoms with E-state index in [2.05, 4.69) is 109 Å². The number of aryl methyl sites for hydroxylation is 2. The van der Waals surface area contributed by atoms with Crippen LogP contribution in [0, 0.1) is 13.8 Å². The van der Waals surface area contributed by atoms with Crippen molar-refractivity contribution in [2.24, 2.45) is 0 Å². The Bertz CT molecular complexity index is 1170. The van der Waals surface area contributed by atoms with Crippen molar-refractivity contribution in [1.29, 1.82) is 0 Å². The zero-order valence-corrected chi connectivity index (χ0v) is 18.6. The van der Waals surface area contributed by atoms with E-state index in [0.29, 0.717) is 0 Å². The Labute approximate surface area is 185 Å². The fraction of sp³-hybridized carbons (Fsp3) is 0.138. The average molecular weight is 407 g/mol. The van der Waals surface area contributed by atoms with Gasteiger partial charge in [-0.15, -0.1) is 0 Å². The molecule has 154 valence electrons. The van der Waals surface area contributed by atoms with Crippen molar-refractivity contribution in [3.05, 3.63) is 131 Å². The monoisotopic (exact) mass is 406 g/mol. The summed E-state index contributed by atoms with van der Waals surface area (Å²) in [6.07, 6.45) is 16.9. The second kappa shape index (κ2) is 9.01. The molecule has 0 saturated heterocycles. The van der Waals surface area contributed by atoms with Crippen molar-refractivity contribution in [3.63, 3.8) is 0 Å². The van der Waals surface area contributed by atoms with Gasteiger partial charge in [0.25, 0.3) is 0 Å². The van der Waals surface area contributed by atoms with Gasteiger partial charge in [0.15, 0.2) is 5.71 Å². The van der Waals surface area contributed by atoms with Gasteiger partial charge in [0.2, 0.25) is 0 Å². The van der Waals surface area contributed by atoms with Gasteiger partial charge in [-0.1, -0.05) is 65.7 Å². The molecule has 0 saturated carbocycles. The second-order valence-corrected chi connectivity index (χ2v) is 8.16. The Kier molecular flexibility index (Phi) is 5.99. The van der Waals surface area contributed by atoms with E-state index >= 15 is 0 Å². The lowest BCUT2D eigenvalue weighted by molar-refractivity contribution is -0.462. The third-order valence-electron chi connectivity index (χ3n) is 5.38. The average Bonchev–Trinajstić information content (AvgIpc) is 2.79. The van der Waals surface area contributed by atoms with Gasteiger partial charge < -0.3 is 4.74 Å². The lowest BCUT2D eigenvalue weighted by Gasteiger charge is -2.18. The zero-order chi connectivity index (χ0) is 21.8. The van der Waals surface area contributed by atoms with Crippen LogP contribution in [0.2, 0.25) is 0 Å². The molecule has 2 aliphatic rings. The van der Waals surface area contributed by atoms with Crippen LogP contribution in [0.25, 0.3) is 11.3 Å². The molecular formula is C29H28NO+.